The number of nitrogens with one attached hydrogen (secondary N) is 1. The maximum Gasteiger partial charge on any atom is 0.338 e. The molecule has 4 rings (SSSR count). The first-order valence-electron chi connectivity index (χ1n) is 10.5. The van der Waals surface area contributed by atoms with Gasteiger partial charge in [0.15, 0.2) is 18.1 Å². The average Bonchev–Trinajstić information content (AvgIpc) is 3.19. The molecule has 3 aromatic rings. The molecule has 1 atom stereocenters. The minimum Gasteiger partial charge on any atom is -0.493 e. The zero-order valence-electron chi connectivity index (χ0n) is 18.1. The highest BCUT2D eigenvalue weighted by atomic mass is 16.5. The van der Waals surface area contributed by atoms with Crippen LogP contribution in [0.15, 0.2) is 66.7 Å². The van der Waals surface area contributed by atoms with Crippen LogP contribution in [-0.2, 0) is 22.4 Å². The standard InChI is InChI=1S/C26H25NO5/c1-17-12-20-14-21(15-23(30-2)25(20)32-17)26(29)31-16-24(28)27-22-11-7-6-10-19(22)13-18-8-4-3-5-9-18/h3-11,14-15,17H,12-13,16H2,1-2H3,(H,27,28). The number of ether oxygens (including phenoxy) is 3. The van der Waals surface area contributed by atoms with E-state index in [1.165, 1.54) is 7.11 Å². The first kappa shape index (κ1) is 21.4. The molecule has 0 aliphatic carbocycles. The fourth-order valence-corrected chi connectivity index (χ4v) is 3.78. The number of methoxy groups -OCH3 is 1. The van der Waals surface area contributed by atoms with Gasteiger partial charge in [-0.05, 0) is 42.7 Å². The van der Waals surface area contributed by atoms with Crippen LogP contribution in [0.4, 0.5) is 5.69 Å². The summed E-state index contributed by atoms with van der Waals surface area (Å²) in [4.78, 5) is 25.0. The predicted molar refractivity (Wildman–Crippen MR) is 121 cm³/mol. The van der Waals surface area contributed by atoms with E-state index in [9.17, 15) is 9.59 Å². The molecular weight excluding hydrogens is 406 g/mol. The van der Waals surface area contributed by atoms with Crippen molar-refractivity contribution in [1.82, 2.24) is 0 Å². The molecule has 6 nitrogen and oxygen atoms in total. The Morgan fingerprint density at radius 3 is 2.59 bits per heavy atom. The number of carbonyl (C=O) groups excluding carboxylic acids is 2. The summed E-state index contributed by atoms with van der Waals surface area (Å²) in [6.07, 6.45) is 1.39. The quantitative estimate of drug-likeness (QED) is 0.561. The Morgan fingerprint density at radius 2 is 1.81 bits per heavy atom. The van der Waals surface area contributed by atoms with Gasteiger partial charge in [0.1, 0.15) is 6.10 Å². The van der Waals surface area contributed by atoms with E-state index in [2.05, 4.69) is 5.32 Å². The van der Waals surface area contributed by atoms with Crippen molar-refractivity contribution in [2.24, 2.45) is 0 Å². The Hall–Kier alpha value is -3.80. The Balaban J connectivity index is 1.39. The van der Waals surface area contributed by atoms with Crippen molar-refractivity contribution >= 4 is 17.6 Å². The van der Waals surface area contributed by atoms with Crippen LogP contribution in [0.1, 0.15) is 34.0 Å². The number of carbonyl (C=O) groups is 2. The van der Waals surface area contributed by atoms with Gasteiger partial charge < -0.3 is 19.5 Å². The Kier molecular flexibility index (Phi) is 6.40. The molecule has 164 valence electrons. The molecule has 0 saturated carbocycles. The summed E-state index contributed by atoms with van der Waals surface area (Å²) in [6.45, 7) is 1.57. The summed E-state index contributed by atoms with van der Waals surface area (Å²) in [5.41, 5.74) is 4.04. The Morgan fingerprint density at radius 1 is 1.06 bits per heavy atom. The van der Waals surface area contributed by atoms with Crippen molar-refractivity contribution in [3.63, 3.8) is 0 Å². The molecule has 0 fully saturated rings. The van der Waals surface area contributed by atoms with Crippen LogP contribution < -0.4 is 14.8 Å². The molecule has 32 heavy (non-hydrogen) atoms. The zero-order valence-corrected chi connectivity index (χ0v) is 18.1. The Bertz CT molecular complexity index is 1130. The number of fused-ring (bicyclic) bond motifs is 1. The maximum atomic E-state index is 12.6. The lowest BCUT2D eigenvalue weighted by Crippen LogP contribution is -2.21. The summed E-state index contributed by atoms with van der Waals surface area (Å²) in [5.74, 6) is 0.157. The van der Waals surface area contributed by atoms with E-state index in [4.69, 9.17) is 14.2 Å². The molecule has 6 heteroatoms. The molecule has 0 bridgehead atoms. The van der Waals surface area contributed by atoms with E-state index in [1.54, 1.807) is 12.1 Å². The van der Waals surface area contributed by atoms with Crippen molar-refractivity contribution in [1.29, 1.82) is 0 Å². The second-order valence-corrected chi connectivity index (χ2v) is 7.74. The third-order valence-electron chi connectivity index (χ3n) is 5.28. The fourth-order valence-electron chi connectivity index (χ4n) is 3.78. The predicted octanol–water partition coefficient (Wildman–Crippen LogP) is 4.40. The van der Waals surface area contributed by atoms with E-state index in [1.807, 2.05) is 61.5 Å². The van der Waals surface area contributed by atoms with Crippen LogP contribution in [0.5, 0.6) is 11.5 Å². The highest BCUT2D eigenvalue weighted by molar-refractivity contribution is 5.96. The molecule has 1 aliphatic rings. The van der Waals surface area contributed by atoms with Crippen molar-refractivity contribution in [2.75, 3.05) is 19.0 Å². The lowest BCUT2D eigenvalue weighted by atomic mass is 10.0. The van der Waals surface area contributed by atoms with Gasteiger partial charge in [-0.3, -0.25) is 4.79 Å². The molecule has 1 amide bonds. The number of rotatable bonds is 7. The van der Waals surface area contributed by atoms with Crippen molar-refractivity contribution in [2.45, 2.75) is 25.9 Å². The van der Waals surface area contributed by atoms with Gasteiger partial charge in [-0.15, -0.1) is 0 Å². The average molecular weight is 431 g/mol. The number of hydrogen-bond acceptors (Lipinski definition) is 5. The monoisotopic (exact) mass is 431 g/mol. The third kappa shape index (κ3) is 4.91. The van der Waals surface area contributed by atoms with E-state index >= 15 is 0 Å². The highest BCUT2D eigenvalue weighted by Gasteiger charge is 2.26. The molecule has 0 saturated heterocycles. The molecule has 0 spiro atoms. The van der Waals surface area contributed by atoms with Crippen LogP contribution in [0.3, 0.4) is 0 Å². The topological polar surface area (TPSA) is 73.9 Å². The SMILES string of the molecule is COc1cc(C(=O)OCC(=O)Nc2ccccc2Cc2ccccc2)cc2c1OC(C)C2. The molecule has 0 radical (unpaired) electrons. The third-order valence-corrected chi connectivity index (χ3v) is 5.28. The van der Waals surface area contributed by atoms with Crippen molar-refractivity contribution in [3.05, 3.63) is 89.0 Å². The first-order valence-corrected chi connectivity index (χ1v) is 10.5. The molecule has 1 unspecified atom stereocenters. The van der Waals surface area contributed by atoms with Crippen molar-refractivity contribution < 1.29 is 23.8 Å². The van der Waals surface area contributed by atoms with Crippen molar-refractivity contribution in [3.8, 4) is 11.5 Å². The number of para-hydroxylation sites is 1. The lowest BCUT2D eigenvalue weighted by Gasteiger charge is -2.12. The molecule has 1 aliphatic heterocycles. The van der Waals surface area contributed by atoms with Gasteiger partial charge in [0.05, 0.1) is 12.7 Å². The summed E-state index contributed by atoms with van der Waals surface area (Å²) in [7, 11) is 1.53. The van der Waals surface area contributed by atoms with Crippen LogP contribution in [0, 0.1) is 0 Å². The summed E-state index contributed by atoms with van der Waals surface area (Å²) in [6, 6.07) is 20.9. The minimum absolute atomic E-state index is 0.0203. The van der Waals surface area contributed by atoms with E-state index < -0.39 is 11.9 Å². The molecule has 3 aromatic carbocycles. The number of anilines is 1. The second kappa shape index (κ2) is 9.56. The zero-order chi connectivity index (χ0) is 22.5. The van der Waals surface area contributed by atoms with E-state index in [0.29, 0.717) is 35.6 Å². The number of benzene rings is 3. The van der Waals surface area contributed by atoms with E-state index in [0.717, 1.165) is 16.7 Å². The minimum atomic E-state index is -0.585. The summed E-state index contributed by atoms with van der Waals surface area (Å²) in [5, 5.41) is 2.85. The number of hydrogen-bond donors (Lipinski definition) is 1. The maximum absolute atomic E-state index is 12.6. The van der Waals surface area contributed by atoms with Gasteiger partial charge in [0.25, 0.3) is 5.91 Å². The summed E-state index contributed by atoms with van der Waals surface area (Å²) < 4.78 is 16.4. The largest absolute Gasteiger partial charge is 0.493 e. The van der Waals surface area contributed by atoms with Crippen LogP contribution in [0.2, 0.25) is 0 Å². The highest BCUT2D eigenvalue weighted by Crippen LogP contribution is 2.39. The van der Waals surface area contributed by atoms with Gasteiger partial charge >= 0.3 is 5.97 Å². The molecule has 1 N–H and O–H groups in total. The Labute approximate surface area is 187 Å². The fraction of sp³-hybridized carbons (Fsp3) is 0.231. The van der Waals surface area contributed by atoms with Gasteiger partial charge in [-0.1, -0.05) is 48.5 Å². The first-order chi connectivity index (χ1) is 15.5. The lowest BCUT2D eigenvalue weighted by molar-refractivity contribution is -0.119. The van der Waals surface area contributed by atoms with Crippen LogP contribution in [0.25, 0.3) is 0 Å². The van der Waals surface area contributed by atoms with Crippen LogP contribution in [-0.4, -0.2) is 31.7 Å². The molecular formula is C26H25NO5. The molecule has 0 aromatic heterocycles. The normalized spacial score (nSPS) is 14.2. The van der Waals surface area contributed by atoms with Gasteiger partial charge in [-0.25, -0.2) is 4.79 Å². The number of esters is 1. The number of amides is 1. The second-order valence-electron chi connectivity index (χ2n) is 7.74. The van der Waals surface area contributed by atoms with Crippen LogP contribution >= 0.6 is 0 Å². The van der Waals surface area contributed by atoms with Gasteiger partial charge in [-0.2, -0.15) is 0 Å². The summed E-state index contributed by atoms with van der Waals surface area (Å²) >= 11 is 0. The van der Waals surface area contributed by atoms with E-state index in [-0.39, 0.29) is 12.7 Å². The smallest absolute Gasteiger partial charge is 0.338 e. The van der Waals surface area contributed by atoms with Gasteiger partial charge in [0.2, 0.25) is 0 Å². The van der Waals surface area contributed by atoms with Gasteiger partial charge in [0, 0.05) is 17.7 Å². The molecule has 1 heterocycles.